The number of benzene rings is 1. The van der Waals surface area contributed by atoms with Crippen LogP contribution < -0.4 is 10.7 Å². The van der Waals surface area contributed by atoms with Crippen LogP contribution in [0.3, 0.4) is 0 Å². The van der Waals surface area contributed by atoms with Crippen molar-refractivity contribution in [3.05, 3.63) is 74.7 Å². The molecule has 0 saturated heterocycles. The number of hydrogen-bond acceptors (Lipinski definition) is 5. The number of ketones is 1. The molecule has 7 nitrogen and oxygen atoms in total. The van der Waals surface area contributed by atoms with Crippen molar-refractivity contribution in [3.8, 4) is 0 Å². The van der Waals surface area contributed by atoms with E-state index in [0.717, 1.165) is 0 Å². The molecule has 0 fully saturated rings. The van der Waals surface area contributed by atoms with Gasteiger partial charge in [-0.05, 0) is 49.7 Å². The van der Waals surface area contributed by atoms with Gasteiger partial charge in [0.05, 0.1) is 10.9 Å². The van der Waals surface area contributed by atoms with Gasteiger partial charge in [-0.15, -0.1) is 0 Å². The van der Waals surface area contributed by atoms with Gasteiger partial charge in [0.2, 0.25) is 11.3 Å². The summed E-state index contributed by atoms with van der Waals surface area (Å²) in [7, 11) is 1.60. The minimum Gasteiger partial charge on any atom is -0.385 e. The molecule has 1 aromatic carbocycles. The number of fused-ring (bicyclic) bond motifs is 1. The third-order valence-electron chi connectivity index (χ3n) is 4.57. The number of methoxy groups -OCH3 is 1. The molecule has 3 rings (SSSR count). The molecule has 0 spiro atoms. The Morgan fingerprint density at radius 2 is 1.90 bits per heavy atom. The Balaban J connectivity index is 2.00. The van der Waals surface area contributed by atoms with Crippen molar-refractivity contribution in [1.82, 2.24) is 14.9 Å². The maximum atomic E-state index is 13.0. The van der Waals surface area contributed by atoms with Crippen LogP contribution in [0.5, 0.6) is 0 Å². The number of hydrogen-bond donors (Lipinski definition) is 1. The summed E-state index contributed by atoms with van der Waals surface area (Å²) < 4.78 is 6.51. The van der Waals surface area contributed by atoms with Gasteiger partial charge in [0, 0.05) is 42.7 Å². The fourth-order valence-electron chi connectivity index (χ4n) is 3.05. The Hall–Kier alpha value is -3.03. The van der Waals surface area contributed by atoms with Gasteiger partial charge in [-0.3, -0.25) is 14.4 Å². The average Bonchev–Trinajstić information content (AvgIpc) is 2.73. The van der Waals surface area contributed by atoms with E-state index < -0.39 is 11.2 Å². The third kappa shape index (κ3) is 4.93. The van der Waals surface area contributed by atoms with Crippen molar-refractivity contribution in [1.29, 1.82) is 0 Å². The Labute approximate surface area is 178 Å². The van der Waals surface area contributed by atoms with E-state index in [2.05, 4.69) is 10.3 Å². The Morgan fingerprint density at radius 3 is 2.60 bits per heavy atom. The number of ether oxygens (including phenoxy) is 1. The van der Waals surface area contributed by atoms with Gasteiger partial charge < -0.3 is 14.6 Å². The van der Waals surface area contributed by atoms with Crippen LogP contribution in [-0.4, -0.2) is 41.5 Å². The van der Waals surface area contributed by atoms with E-state index in [4.69, 9.17) is 16.3 Å². The molecule has 8 heteroatoms. The van der Waals surface area contributed by atoms with Gasteiger partial charge in [-0.2, -0.15) is 0 Å². The highest BCUT2D eigenvalue weighted by Gasteiger charge is 2.19. The summed E-state index contributed by atoms with van der Waals surface area (Å²) in [5.41, 5.74) is 0.955. The van der Waals surface area contributed by atoms with Crippen molar-refractivity contribution in [2.45, 2.75) is 19.9 Å². The van der Waals surface area contributed by atoms with E-state index in [1.165, 1.54) is 6.20 Å². The lowest BCUT2D eigenvalue weighted by Crippen LogP contribution is -2.30. The normalized spacial score (nSPS) is 10.9. The van der Waals surface area contributed by atoms with Crippen LogP contribution in [0.15, 0.2) is 47.4 Å². The van der Waals surface area contributed by atoms with E-state index in [1.807, 2.05) is 0 Å². The van der Waals surface area contributed by atoms with Crippen molar-refractivity contribution in [3.63, 3.8) is 0 Å². The standard InChI is InChI=1S/C22H22ClN3O4/c1-14-4-9-17-21(29)18(20(28)15-5-7-16(23)8-6-15)12-26(22(17)25-14)13-19(27)24-10-3-11-30-2/h4-9,12H,3,10-11,13H2,1-2H3,(H,24,27). The molecule has 0 bridgehead atoms. The minimum atomic E-state index is -0.437. The molecule has 0 saturated carbocycles. The Morgan fingerprint density at radius 1 is 1.17 bits per heavy atom. The van der Waals surface area contributed by atoms with Crippen LogP contribution in [-0.2, 0) is 16.1 Å². The average molecular weight is 428 g/mol. The van der Waals surface area contributed by atoms with Crippen molar-refractivity contribution in [2.24, 2.45) is 0 Å². The fourth-order valence-corrected chi connectivity index (χ4v) is 3.18. The first-order valence-corrected chi connectivity index (χ1v) is 9.85. The van der Waals surface area contributed by atoms with Gasteiger partial charge in [0.1, 0.15) is 12.2 Å². The molecule has 0 aliphatic heterocycles. The van der Waals surface area contributed by atoms with E-state index in [1.54, 1.807) is 55.0 Å². The van der Waals surface area contributed by atoms with E-state index >= 15 is 0 Å². The number of aromatic nitrogens is 2. The summed E-state index contributed by atoms with van der Waals surface area (Å²) in [6, 6.07) is 9.64. The first kappa shape index (κ1) is 21.7. The van der Waals surface area contributed by atoms with Crippen LogP contribution in [0.2, 0.25) is 5.02 Å². The number of nitrogens with zero attached hydrogens (tertiary/aromatic N) is 2. The van der Waals surface area contributed by atoms with Crippen molar-refractivity contribution < 1.29 is 14.3 Å². The zero-order valence-electron chi connectivity index (χ0n) is 16.8. The summed E-state index contributed by atoms with van der Waals surface area (Å²) in [5.74, 6) is -0.683. The number of pyridine rings is 2. The number of rotatable bonds is 8. The monoisotopic (exact) mass is 427 g/mol. The molecular formula is C22H22ClN3O4. The van der Waals surface area contributed by atoms with E-state index in [0.29, 0.717) is 41.5 Å². The molecule has 3 aromatic rings. The molecule has 0 atom stereocenters. The van der Waals surface area contributed by atoms with E-state index in [9.17, 15) is 14.4 Å². The topological polar surface area (TPSA) is 90.3 Å². The Kier molecular flexibility index (Phi) is 6.97. The summed E-state index contributed by atoms with van der Waals surface area (Å²) in [6.07, 6.45) is 2.09. The molecule has 156 valence electrons. The maximum absolute atomic E-state index is 13.0. The summed E-state index contributed by atoms with van der Waals surface area (Å²) in [5, 5.41) is 3.58. The van der Waals surface area contributed by atoms with Crippen LogP contribution in [0.4, 0.5) is 0 Å². The SMILES string of the molecule is COCCCNC(=O)Cn1cc(C(=O)c2ccc(Cl)cc2)c(=O)c2ccc(C)nc21. The molecular weight excluding hydrogens is 406 g/mol. The summed E-state index contributed by atoms with van der Waals surface area (Å²) in [4.78, 5) is 42.8. The molecule has 1 N–H and O–H groups in total. The Bertz CT molecular complexity index is 1140. The number of carbonyl (C=O) groups excluding carboxylic acids is 2. The zero-order valence-corrected chi connectivity index (χ0v) is 17.5. The predicted molar refractivity (Wildman–Crippen MR) is 115 cm³/mol. The molecule has 0 radical (unpaired) electrons. The van der Waals surface area contributed by atoms with Gasteiger partial charge in [-0.25, -0.2) is 4.98 Å². The smallest absolute Gasteiger partial charge is 0.239 e. The molecule has 2 aromatic heterocycles. The van der Waals surface area contributed by atoms with Crippen molar-refractivity contribution in [2.75, 3.05) is 20.3 Å². The second kappa shape index (κ2) is 9.65. The molecule has 2 heterocycles. The number of aryl methyl sites for hydroxylation is 1. The molecule has 0 aliphatic carbocycles. The summed E-state index contributed by atoms with van der Waals surface area (Å²) >= 11 is 5.89. The van der Waals surface area contributed by atoms with E-state index in [-0.39, 0.29) is 23.4 Å². The zero-order chi connectivity index (χ0) is 21.7. The van der Waals surface area contributed by atoms with Gasteiger partial charge in [0.15, 0.2) is 5.78 Å². The quantitative estimate of drug-likeness (QED) is 0.441. The first-order chi connectivity index (χ1) is 14.4. The van der Waals surface area contributed by atoms with Gasteiger partial charge in [-0.1, -0.05) is 11.6 Å². The fraction of sp³-hybridized carbons (Fsp3) is 0.273. The number of halogens is 1. The lowest BCUT2D eigenvalue weighted by Gasteiger charge is -2.13. The molecule has 30 heavy (non-hydrogen) atoms. The second-order valence-electron chi connectivity index (χ2n) is 6.86. The van der Waals surface area contributed by atoms with Crippen LogP contribution in [0.25, 0.3) is 11.0 Å². The lowest BCUT2D eigenvalue weighted by atomic mass is 10.0. The van der Waals surface area contributed by atoms with Gasteiger partial charge in [0.25, 0.3) is 0 Å². The largest absolute Gasteiger partial charge is 0.385 e. The minimum absolute atomic E-state index is 0.0253. The molecule has 0 aliphatic rings. The number of nitrogens with one attached hydrogen (secondary N) is 1. The summed E-state index contributed by atoms with van der Waals surface area (Å²) in [6.45, 7) is 2.74. The maximum Gasteiger partial charge on any atom is 0.239 e. The highest BCUT2D eigenvalue weighted by Crippen LogP contribution is 2.16. The lowest BCUT2D eigenvalue weighted by molar-refractivity contribution is -0.121. The highest BCUT2D eigenvalue weighted by atomic mass is 35.5. The van der Waals surface area contributed by atoms with Crippen LogP contribution in [0, 0.1) is 6.92 Å². The van der Waals surface area contributed by atoms with Crippen LogP contribution in [0.1, 0.15) is 28.0 Å². The molecule has 0 unspecified atom stereocenters. The van der Waals surface area contributed by atoms with Crippen molar-refractivity contribution >= 4 is 34.3 Å². The number of carbonyl (C=O) groups is 2. The third-order valence-corrected chi connectivity index (χ3v) is 4.82. The predicted octanol–water partition coefficient (Wildman–Crippen LogP) is 2.74. The first-order valence-electron chi connectivity index (χ1n) is 9.47. The van der Waals surface area contributed by atoms with Crippen LogP contribution >= 0.6 is 11.6 Å². The second-order valence-corrected chi connectivity index (χ2v) is 7.29. The number of amides is 1. The highest BCUT2D eigenvalue weighted by molar-refractivity contribution is 6.30. The molecule has 1 amide bonds. The van der Waals surface area contributed by atoms with Gasteiger partial charge >= 0.3 is 0 Å².